The maximum absolute atomic E-state index is 3.91. The Morgan fingerprint density at radius 3 is 1.24 bits per heavy atom. The van der Waals surface area contributed by atoms with E-state index in [9.17, 15) is 0 Å². The molecule has 0 amide bonds. The number of rotatable bonds is 25. The van der Waals surface area contributed by atoms with E-state index in [1.807, 2.05) is 0 Å². The van der Waals surface area contributed by atoms with E-state index in [2.05, 4.69) is 147 Å². The minimum Gasteiger partial charge on any atom is -0.312 e. The molecule has 396 valence electrons. The van der Waals surface area contributed by atoms with Gasteiger partial charge in [-0.25, -0.2) is 0 Å². The molecule has 7 heteroatoms. The van der Waals surface area contributed by atoms with Gasteiger partial charge in [0.25, 0.3) is 0 Å². The Morgan fingerprint density at radius 1 is 0.455 bits per heavy atom. The minimum atomic E-state index is 0.236. The predicted octanol–water partition coefficient (Wildman–Crippen LogP) is 14.5. The van der Waals surface area contributed by atoms with Crippen LogP contribution in [0.15, 0.2) is 0 Å². The molecule has 0 aromatic rings. The third-order valence-corrected chi connectivity index (χ3v) is 15.4. The monoisotopic (exact) mass is 932 g/mol. The van der Waals surface area contributed by atoms with E-state index in [0.29, 0.717) is 29.2 Å². The number of hydrogen-bond donors (Lipinski definition) is 4. The SMILES string of the molecule is CC(CCN(C1CCCCC1)C1CCCCC1)NC(C)(C)C.CCC(C)(C)NC1CCCCC1.CCCN(CCC)CCC(C)(C)NC1CCCCC1.CCN(CC)CCC(C)NC(C)C. The Hall–Kier alpha value is -0.280. The summed E-state index contributed by atoms with van der Waals surface area (Å²) in [7, 11) is 0. The lowest BCUT2D eigenvalue weighted by atomic mass is 9.88. The summed E-state index contributed by atoms with van der Waals surface area (Å²) in [6, 6.07) is 5.21. The second kappa shape index (κ2) is 36.6. The highest BCUT2D eigenvalue weighted by Crippen LogP contribution is 2.31. The lowest BCUT2D eigenvalue weighted by Crippen LogP contribution is -2.48. The zero-order valence-corrected chi connectivity index (χ0v) is 48.2. The summed E-state index contributed by atoms with van der Waals surface area (Å²) in [5, 5.41) is 14.9. The molecule has 0 spiro atoms. The van der Waals surface area contributed by atoms with Gasteiger partial charge in [0, 0.05) is 65.5 Å². The first-order valence-electron chi connectivity index (χ1n) is 29.6. The largest absolute Gasteiger partial charge is 0.312 e. The Bertz CT molecular complexity index is 1050. The molecule has 2 atom stereocenters. The molecule has 66 heavy (non-hydrogen) atoms. The number of nitrogens with one attached hydrogen (secondary N) is 4. The highest BCUT2D eigenvalue weighted by atomic mass is 15.2. The molecule has 0 saturated heterocycles. The first-order valence-corrected chi connectivity index (χ1v) is 29.6. The van der Waals surface area contributed by atoms with Crippen molar-refractivity contribution in [1.82, 2.24) is 36.0 Å². The van der Waals surface area contributed by atoms with Crippen LogP contribution in [0.2, 0.25) is 0 Å². The number of nitrogens with zero attached hydrogens (tertiary/aromatic N) is 3. The van der Waals surface area contributed by atoms with Gasteiger partial charge >= 0.3 is 0 Å². The molecule has 0 heterocycles. The molecule has 4 saturated carbocycles. The molecule has 0 aromatic carbocycles. The maximum Gasteiger partial charge on any atom is 0.0139 e. The van der Waals surface area contributed by atoms with Gasteiger partial charge in [0.05, 0.1) is 0 Å². The van der Waals surface area contributed by atoms with E-state index in [0.717, 1.165) is 24.2 Å². The third-order valence-electron chi connectivity index (χ3n) is 15.4. The molecule has 0 aromatic heterocycles. The Morgan fingerprint density at radius 2 is 0.864 bits per heavy atom. The van der Waals surface area contributed by atoms with Gasteiger partial charge in [0.1, 0.15) is 0 Å². The van der Waals surface area contributed by atoms with E-state index < -0.39 is 0 Å². The van der Waals surface area contributed by atoms with Gasteiger partial charge in [-0.1, -0.05) is 126 Å². The Kier molecular flexibility index (Phi) is 35.4. The van der Waals surface area contributed by atoms with Crippen molar-refractivity contribution in [2.24, 2.45) is 0 Å². The van der Waals surface area contributed by atoms with Crippen molar-refractivity contribution in [1.29, 1.82) is 0 Å². The van der Waals surface area contributed by atoms with Crippen LogP contribution in [0, 0.1) is 0 Å². The van der Waals surface area contributed by atoms with E-state index >= 15 is 0 Å². The van der Waals surface area contributed by atoms with Crippen molar-refractivity contribution in [3.05, 3.63) is 0 Å². The van der Waals surface area contributed by atoms with Gasteiger partial charge in [-0.2, -0.15) is 0 Å². The highest BCUT2D eigenvalue weighted by Gasteiger charge is 2.29. The zero-order chi connectivity index (χ0) is 49.4. The molecular weight excluding hydrogens is 807 g/mol. The first kappa shape index (κ1) is 63.7. The lowest BCUT2D eigenvalue weighted by Gasteiger charge is -2.42. The molecule has 7 nitrogen and oxygen atoms in total. The van der Waals surface area contributed by atoms with Crippen LogP contribution in [-0.2, 0) is 0 Å². The summed E-state index contributed by atoms with van der Waals surface area (Å²) in [5.41, 5.74) is 0.879. The lowest BCUT2D eigenvalue weighted by molar-refractivity contribution is 0.0759. The molecule has 4 N–H and O–H groups in total. The van der Waals surface area contributed by atoms with E-state index in [1.165, 1.54) is 213 Å². The normalized spacial score (nSPS) is 19.8. The summed E-state index contributed by atoms with van der Waals surface area (Å²) in [6.07, 6.45) is 36.3. The van der Waals surface area contributed by atoms with Crippen LogP contribution < -0.4 is 21.3 Å². The van der Waals surface area contributed by atoms with Crippen LogP contribution >= 0.6 is 0 Å². The van der Waals surface area contributed by atoms with Crippen LogP contribution in [0.4, 0.5) is 0 Å². The fourth-order valence-corrected chi connectivity index (χ4v) is 11.4. The summed E-state index contributed by atoms with van der Waals surface area (Å²) >= 11 is 0. The molecule has 4 aliphatic rings. The van der Waals surface area contributed by atoms with Crippen molar-refractivity contribution in [2.45, 2.75) is 337 Å². The minimum absolute atomic E-state index is 0.236. The van der Waals surface area contributed by atoms with Gasteiger partial charge in [0.15, 0.2) is 0 Å². The number of hydrogen-bond acceptors (Lipinski definition) is 7. The standard InChI is InChI=1S/C20H40N2.C17H36N2.C11H26N2.C11H23N/c1-17(21-20(2,3)4)15-16-22(18-11-7-5-8-12-18)19-13-9-6-10-14-19;1-5-13-19(14-6-2)15-12-17(3,4)18-16-10-8-7-9-11-16;1-6-13(7-2)9-8-11(5)12-10(3)4;1-4-11(2,3)12-10-8-6-5-7-9-10/h17-19,21H,5-16H2,1-4H3;16,18H,5-15H2,1-4H3;10-12H,6-9H2,1-5H3;10,12H,4-9H2,1-3H3. The first-order chi connectivity index (χ1) is 31.3. The van der Waals surface area contributed by atoms with Crippen LogP contribution in [0.3, 0.4) is 0 Å². The molecule has 0 radical (unpaired) electrons. The second-order valence-corrected chi connectivity index (χ2v) is 24.6. The summed E-state index contributed by atoms with van der Waals surface area (Å²) in [4.78, 5) is 8.04. The van der Waals surface area contributed by atoms with E-state index in [4.69, 9.17) is 0 Å². The van der Waals surface area contributed by atoms with Crippen molar-refractivity contribution in [3.63, 3.8) is 0 Å². The topological polar surface area (TPSA) is 57.8 Å². The second-order valence-electron chi connectivity index (χ2n) is 24.6. The molecule has 0 bridgehead atoms. The van der Waals surface area contributed by atoms with E-state index in [1.54, 1.807) is 0 Å². The fraction of sp³-hybridized carbons (Fsp3) is 1.00. The van der Waals surface area contributed by atoms with Gasteiger partial charge in [0.2, 0.25) is 0 Å². The molecule has 4 aliphatic carbocycles. The summed E-state index contributed by atoms with van der Waals surface area (Å²) in [5.74, 6) is 0. The Balaban J connectivity index is 0.000000454. The average Bonchev–Trinajstić information content (AvgIpc) is 3.27. The van der Waals surface area contributed by atoms with Gasteiger partial charge in [-0.3, -0.25) is 4.90 Å². The molecule has 4 rings (SSSR count). The highest BCUT2D eigenvalue weighted by molar-refractivity contribution is 4.87. The Labute approximate surface area is 416 Å². The van der Waals surface area contributed by atoms with E-state index in [-0.39, 0.29) is 5.54 Å². The van der Waals surface area contributed by atoms with Crippen LogP contribution in [0.5, 0.6) is 0 Å². The van der Waals surface area contributed by atoms with Crippen molar-refractivity contribution in [2.75, 3.05) is 45.8 Å². The van der Waals surface area contributed by atoms with Crippen molar-refractivity contribution < 1.29 is 0 Å². The average molecular weight is 933 g/mol. The van der Waals surface area contributed by atoms with Gasteiger partial charge in [-0.15, -0.1) is 0 Å². The maximum atomic E-state index is 3.91. The molecular formula is C59H125N7. The fourth-order valence-electron chi connectivity index (χ4n) is 11.4. The predicted molar refractivity (Wildman–Crippen MR) is 298 cm³/mol. The molecule has 2 unspecified atom stereocenters. The quantitative estimate of drug-likeness (QED) is 0.0728. The summed E-state index contributed by atoms with van der Waals surface area (Å²) in [6.45, 7) is 45.2. The summed E-state index contributed by atoms with van der Waals surface area (Å²) < 4.78 is 0. The van der Waals surface area contributed by atoms with Crippen molar-refractivity contribution >= 4 is 0 Å². The van der Waals surface area contributed by atoms with Crippen LogP contribution in [-0.4, -0.2) is 119 Å². The third kappa shape index (κ3) is 32.6. The van der Waals surface area contributed by atoms with Crippen LogP contribution in [0.25, 0.3) is 0 Å². The van der Waals surface area contributed by atoms with Crippen molar-refractivity contribution in [3.8, 4) is 0 Å². The van der Waals surface area contributed by atoms with Gasteiger partial charge < -0.3 is 31.1 Å². The van der Waals surface area contributed by atoms with Gasteiger partial charge in [-0.05, 0) is 191 Å². The molecule has 0 aliphatic heterocycles. The smallest absolute Gasteiger partial charge is 0.0139 e. The molecule has 4 fully saturated rings. The zero-order valence-electron chi connectivity index (χ0n) is 48.2. The van der Waals surface area contributed by atoms with Crippen LogP contribution in [0.1, 0.15) is 278 Å².